The topological polar surface area (TPSA) is 103 Å². The van der Waals surface area contributed by atoms with Crippen molar-refractivity contribution in [3.8, 4) is 0 Å². The average molecular weight is 347 g/mol. The van der Waals surface area contributed by atoms with Crippen molar-refractivity contribution in [2.24, 2.45) is 0 Å². The van der Waals surface area contributed by atoms with Crippen LogP contribution in [-0.2, 0) is 25.6 Å². The zero-order valence-electron chi connectivity index (χ0n) is 12.4. The van der Waals surface area contributed by atoms with E-state index in [0.717, 1.165) is 4.57 Å². The zero-order valence-corrected chi connectivity index (χ0v) is 14.2. The number of aromatic nitrogens is 2. The fraction of sp³-hybridized carbons (Fsp3) is 0.500. The standard InChI is InChI=1S/C12H15N2O6PS/c1-6-5-14(11(17)13-9(6)16)10-7(15)8(12(2,3)19-10)20-21(22)18-4/h5,10H,1-4H3,(H-,13,15,16,17)/p+1/t10-/m1/s1. The van der Waals surface area contributed by atoms with Gasteiger partial charge in [0.2, 0.25) is 23.8 Å². The van der Waals surface area contributed by atoms with Crippen LogP contribution in [0, 0.1) is 6.92 Å². The third-order valence-corrected chi connectivity index (χ3v) is 4.43. The largest absolute Gasteiger partial charge is 0.573 e. The summed E-state index contributed by atoms with van der Waals surface area (Å²) in [6, 6.07) is 0. The lowest BCUT2D eigenvalue weighted by atomic mass is 10.1. The minimum atomic E-state index is -1.64. The summed E-state index contributed by atoms with van der Waals surface area (Å²) < 4.78 is 17.1. The number of hydrogen-bond acceptors (Lipinski definition) is 7. The Hall–Kier alpha value is -1.54. The van der Waals surface area contributed by atoms with Gasteiger partial charge in [0.05, 0.1) is 7.11 Å². The second-order valence-corrected chi connectivity index (χ2v) is 7.06. The van der Waals surface area contributed by atoms with Crippen molar-refractivity contribution in [2.75, 3.05) is 7.11 Å². The van der Waals surface area contributed by atoms with Crippen molar-refractivity contribution in [3.63, 3.8) is 0 Å². The van der Waals surface area contributed by atoms with Crippen molar-refractivity contribution in [1.29, 1.82) is 0 Å². The van der Waals surface area contributed by atoms with E-state index in [1.807, 2.05) is 0 Å². The number of hydrogen-bond donors (Lipinski definition) is 2. The molecule has 0 aromatic carbocycles. The molecule has 22 heavy (non-hydrogen) atoms. The molecule has 0 aliphatic carbocycles. The fourth-order valence-corrected chi connectivity index (χ4v) is 2.79. The Morgan fingerprint density at radius 1 is 1.50 bits per heavy atom. The molecular weight excluding hydrogens is 331 g/mol. The maximum Gasteiger partial charge on any atom is 0.573 e. The molecule has 2 rings (SSSR count). The molecule has 0 radical (unpaired) electrons. The summed E-state index contributed by atoms with van der Waals surface area (Å²) in [5, 5.41) is 10.4. The fourth-order valence-electron chi connectivity index (χ4n) is 2.03. The molecule has 1 aromatic heterocycles. The van der Waals surface area contributed by atoms with Crippen LogP contribution in [0.15, 0.2) is 27.3 Å². The highest BCUT2D eigenvalue weighted by atomic mass is 32.4. The van der Waals surface area contributed by atoms with Gasteiger partial charge in [0.25, 0.3) is 5.56 Å². The summed E-state index contributed by atoms with van der Waals surface area (Å²) >= 11 is 4.95. The number of nitrogens with one attached hydrogen (secondary N) is 1. The molecule has 2 N–H and O–H groups in total. The van der Waals surface area contributed by atoms with Crippen molar-refractivity contribution < 1.29 is 18.9 Å². The first kappa shape index (κ1) is 16.8. The second-order valence-electron chi connectivity index (χ2n) is 5.17. The average Bonchev–Trinajstić information content (AvgIpc) is 2.66. The van der Waals surface area contributed by atoms with E-state index in [1.54, 1.807) is 20.8 Å². The molecule has 0 amide bonds. The van der Waals surface area contributed by atoms with Crippen molar-refractivity contribution in [2.45, 2.75) is 32.6 Å². The number of ether oxygens (including phenoxy) is 1. The summed E-state index contributed by atoms with van der Waals surface area (Å²) in [7, 11) is -0.246. The lowest BCUT2D eigenvalue weighted by Crippen LogP contribution is -2.35. The van der Waals surface area contributed by atoms with E-state index in [1.165, 1.54) is 13.3 Å². The van der Waals surface area contributed by atoms with E-state index in [4.69, 9.17) is 25.6 Å². The molecule has 10 heteroatoms. The number of aliphatic hydroxyl groups excluding tert-OH is 1. The van der Waals surface area contributed by atoms with Crippen LogP contribution < -0.4 is 11.2 Å². The Kier molecular flexibility index (Phi) is 4.53. The predicted octanol–water partition coefficient (Wildman–Crippen LogP) is 1.36. The highest BCUT2D eigenvalue weighted by Gasteiger charge is 2.47. The first-order valence-corrected chi connectivity index (χ1v) is 8.49. The smallest absolute Gasteiger partial charge is 0.505 e. The highest BCUT2D eigenvalue weighted by Crippen LogP contribution is 2.44. The molecule has 0 bridgehead atoms. The molecule has 2 heterocycles. The van der Waals surface area contributed by atoms with Gasteiger partial charge in [-0.05, 0) is 20.8 Å². The van der Waals surface area contributed by atoms with Gasteiger partial charge in [-0.3, -0.25) is 14.3 Å². The Morgan fingerprint density at radius 3 is 2.73 bits per heavy atom. The number of H-pyrrole nitrogens is 1. The van der Waals surface area contributed by atoms with Crippen LogP contribution in [0.4, 0.5) is 0 Å². The summed E-state index contributed by atoms with van der Waals surface area (Å²) in [6.45, 7) is 4.87. The number of aromatic amines is 1. The number of nitrogens with zero attached hydrogens (tertiary/aromatic N) is 1. The van der Waals surface area contributed by atoms with Crippen molar-refractivity contribution in [3.05, 3.63) is 44.1 Å². The first-order valence-electron chi connectivity index (χ1n) is 6.30. The number of rotatable bonds is 4. The van der Waals surface area contributed by atoms with E-state index >= 15 is 0 Å². The first-order chi connectivity index (χ1) is 10.2. The Labute approximate surface area is 131 Å². The molecule has 1 aliphatic rings. The lowest BCUT2D eigenvalue weighted by Gasteiger charge is -2.20. The quantitative estimate of drug-likeness (QED) is 0.793. The Morgan fingerprint density at radius 2 is 2.14 bits per heavy atom. The van der Waals surface area contributed by atoms with Crippen LogP contribution in [0.2, 0.25) is 0 Å². The van der Waals surface area contributed by atoms with Crippen LogP contribution in [0.1, 0.15) is 25.6 Å². The van der Waals surface area contributed by atoms with Crippen molar-refractivity contribution in [1.82, 2.24) is 9.55 Å². The molecule has 8 nitrogen and oxygen atoms in total. The molecule has 1 aromatic rings. The summed E-state index contributed by atoms with van der Waals surface area (Å²) in [4.78, 5) is 25.5. The van der Waals surface area contributed by atoms with Gasteiger partial charge >= 0.3 is 12.8 Å². The van der Waals surface area contributed by atoms with E-state index in [-0.39, 0.29) is 11.5 Å². The maximum atomic E-state index is 11.9. The summed E-state index contributed by atoms with van der Waals surface area (Å²) in [6.07, 6.45) is 0.205. The third-order valence-electron chi connectivity index (χ3n) is 3.13. The van der Waals surface area contributed by atoms with Gasteiger partial charge in [-0.25, -0.2) is 9.32 Å². The molecule has 1 aliphatic heterocycles. The van der Waals surface area contributed by atoms with Crippen LogP contribution in [0.25, 0.3) is 0 Å². The SMILES string of the molecule is CO[P+](=S)OC1=C(O)[C@H](n2cc(C)c(=O)[nH]c2=O)OC1(C)C. The van der Waals surface area contributed by atoms with Crippen LogP contribution in [0.5, 0.6) is 0 Å². The Bertz CT molecular complexity index is 766. The van der Waals surface area contributed by atoms with Gasteiger partial charge in [-0.2, -0.15) is 0 Å². The van der Waals surface area contributed by atoms with Crippen LogP contribution in [0.3, 0.4) is 0 Å². The van der Waals surface area contributed by atoms with E-state index < -0.39 is 30.2 Å². The molecule has 0 saturated heterocycles. The van der Waals surface area contributed by atoms with E-state index in [9.17, 15) is 14.7 Å². The number of aryl methyl sites for hydroxylation is 1. The summed E-state index contributed by atoms with van der Waals surface area (Å²) in [5.74, 6) is -0.177. The van der Waals surface area contributed by atoms with Crippen LogP contribution >= 0.6 is 7.15 Å². The molecule has 0 fully saturated rings. The van der Waals surface area contributed by atoms with E-state index in [2.05, 4.69) is 4.98 Å². The Balaban J connectivity index is 2.50. The van der Waals surface area contributed by atoms with Gasteiger partial charge in [0, 0.05) is 11.8 Å². The monoisotopic (exact) mass is 347 g/mol. The zero-order chi connectivity index (χ0) is 16.7. The lowest BCUT2D eigenvalue weighted by molar-refractivity contribution is -0.0626. The summed E-state index contributed by atoms with van der Waals surface area (Å²) in [5.41, 5.74) is -1.88. The third kappa shape index (κ3) is 2.98. The molecule has 0 saturated carbocycles. The second kappa shape index (κ2) is 5.92. The highest BCUT2D eigenvalue weighted by molar-refractivity contribution is 8.00. The normalized spacial score (nSPS) is 21.1. The molecular formula is C12H16N2O6PS+. The molecule has 2 atom stereocenters. The molecule has 0 spiro atoms. The van der Waals surface area contributed by atoms with Gasteiger partial charge in [-0.1, -0.05) is 0 Å². The van der Waals surface area contributed by atoms with Gasteiger partial charge in [0.1, 0.15) is 5.60 Å². The van der Waals surface area contributed by atoms with Crippen LogP contribution in [-0.4, -0.2) is 27.4 Å². The predicted molar refractivity (Wildman–Crippen MR) is 82.3 cm³/mol. The van der Waals surface area contributed by atoms with E-state index in [0.29, 0.717) is 5.56 Å². The minimum absolute atomic E-state index is 0.108. The minimum Gasteiger partial charge on any atom is -0.505 e. The number of aliphatic hydroxyl groups is 1. The van der Waals surface area contributed by atoms with Crippen molar-refractivity contribution >= 4 is 19.0 Å². The maximum absolute atomic E-state index is 11.9. The van der Waals surface area contributed by atoms with Gasteiger partial charge in [0.15, 0.2) is 5.76 Å². The molecule has 1 unspecified atom stereocenters. The molecule has 120 valence electrons. The van der Waals surface area contributed by atoms with Gasteiger partial charge < -0.3 is 9.84 Å². The van der Waals surface area contributed by atoms with Gasteiger partial charge in [-0.15, -0.1) is 4.52 Å².